The summed E-state index contributed by atoms with van der Waals surface area (Å²) >= 11 is 2.80. The predicted octanol–water partition coefficient (Wildman–Crippen LogP) is 4.27. The lowest BCUT2D eigenvalue weighted by molar-refractivity contribution is -0.113. The maximum Gasteiger partial charge on any atom is 0.236 e. The Labute approximate surface area is 172 Å². The number of thioether (sulfide) groups is 1. The molecule has 3 rings (SSSR count). The number of aryl methyl sites for hydroxylation is 2. The van der Waals surface area contributed by atoms with Gasteiger partial charge in [-0.15, -0.1) is 11.3 Å². The zero-order valence-corrected chi connectivity index (χ0v) is 17.7. The van der Waals surface area contributed by atoms with Crippen molar-refractivity contribution in [2.45, 2.75) is 32.3 Å². The van der Waals surface area contributed by atoms with Gasteiger partial charge in [-0.05, 0) is 44.5 Å². The molecule has 1 aromatic carbocycles. The first kappa shape index (κ1) is 20.3. The zero-order chi connectivity index (χ0) is 19.9. The second-order valence-electron chi connectivity index (χ2n) is 6.16. The summed E-state index contributed by atoms with van der Waals surface area (Å²) in [5.41, 5.74) is 2.94. The molecule has 0 unspecified atom stereocenters. The number of hydrogen-bond donors (Lipinski definition) is 1. The van der Waals surface area contributed by atoms with Gasteiger partial charge in [-0.1, -0.05) is 23.9 Å². The van der Waals surface area contributed by atoms with E-state index in [1.165, 1.54) is 23.1 Å². The molecule has 0 aliphatic carbocycles. The summed E-state index contributed by atoms with van der Waals surface area (Å²) in [5.74, 6) is 0.990. The molecule has 0 saturated heterocycles. The Morgan fingerprint density at radius 1 is 1.21 bits per heavy atom. The van der Waals surface area contributed by atoms with E-state index in [-0.39, 0.29) is 11.7 Å². The van der Waals surface area contributed by atoms with Crippen LogP contribution >= 0.6 is 23.1 Å². The minimum absolute atomic E-state index is 0.119. The fourth-order valence-corrected chi connectivity index (χ4v) is 4.22. The third-order valence-electron chi connectivity index (χ3n) is 3.68. The number of carbonyl (C=O) groups excluding carboxylic acids is 1. The second-order valence-corrected chi connectivity index (χ2v) is 8.22. The molecule has 0 radical (unpaired) electrons. The largest absolute Gasteiger partial charge is 0.494 e. The summed E-state index contributed by atoms with van der Waals surface area (Å²) in [5, 5.41) is 4.06. The molecule has 0 bridgehead atoms. The van der Waals surface area contributed by atoms with Gasteiger partial charge in [-0.2, -0.15) is 0 Å². The fraction of sp³-hybridized carbons (Fsp3) is 0.300. The summed E-state index contributed by atoms with van der Waals surface area (Å²) in [4.78, 5) is 26.3. The Morgan fingerprint density at radius 2 is 2.00 bits per heavy atom. The van der Waals surface area contributed by atoms with Crippen LogP contribution in [0.3, 0.4) is 0 Å². The average molecular weight is 415 g/mol. The first-order valence-corrected chi connectivity index (χ1v) is 10.7. The molecule has 1 amide bonds. The van der Waals surface area contributed by atoms with Crippen LogP contribution in [0.5, 0.6) is 5.75 Å². The first-order valence-electron chi connectivity index (χ1n) is 8.93. The third kappa shape index (κ3) is 6.03. The highest BCUT2D eigenvalue weighted by Gasteiger charge is 2.10. The number of ether oxygens (including phenoxy) is 1. The van der Waals surface area contributed by atoms with Crippen LogP contribution in [0.15, 0.2) is 41.7 Å². The van der Waals surface area contributed by atoms with Crippen LogP contribution in [0, 0.1) is 13.8 Å². The highest BCUT2D eigenvalue weighted by molar-refractivity contribution is 7.99. The standard InChI is InChI=1S/C20H22N4O2S2/c1-4-26-16-7-5-6-15(9-16)10-17-11-21-19(28-17)24-18(25)12-27-20-22-13(2)8-14(3)23-20/h5-9,11H,4,10,12H2,1-3H3,(H,21,24,25). The van der Waals surface area contributed by atoms with Gasteiger partial charge in [0.2, 0.25) is 5.91 Å². The Hall–Kier alpha value is -2.45. The summed E-state index contributed by atoms with van der Waals surface area (Å²) in [7, 11) is 0. The molecule has 0 fully saturated rings. The zero-order valence-electron chi connectivity index (χ0n) is 16.1. The summed E-state index contributed by atoms with van der Waals surface area (Å²) in [6.07, 6.45) is 2.55. The van der Waals surface area contributed by atoms with E-state index in [2.05, 4.69) is 26.3 Å². The molecule has 0 saturated carbocycles. The topological polar surface area (TPSA) is 77.0 Å². The number of benzene rings is 1. The van der Waals surface area contributed by atoms with Gasteiger partial charge in [0, 0.05) is 28.9 Å². The molecule has 1 N–H and O–H groups in total. The quantitative estimate of drug-likeness (QED) is 0.438. The number of nitrogens with zero attached hydrogens (tertiary/aromatic N) is 3. The van der Waals surface area contributed by atoms with Crippen molar-refractivity contribution in [3.05, 3.63) is 58.4 Å². The number of aromatic nitrogens is 3. The monoisotopic (exact) mass is 414 g/mol. The molecule has 0 aliphatic rings. The maximum atomic E-state index is 12.2. The van der Waals surface area contributed by atoms with Crippen LogP contribution in [0.25, 0.3) is 0 Å². The van der Waals surface area contributed by atoms with Crippen LogP contribution < -0.4 is 10.1 Å². The van der Waals surface area contributed by atoms with E-state index >= 15 is 0 Å². The van der Waals surface area contributed by atoms with Gasteiger partial charge in [-0.25, -0.2) is 15.0 Å². The number of amides is 1. The van der Waals surface area contributed by atoms with Gasteiger partial charge in [0.15, 0.2) is 10.3 Å². The smallest absolute Gasteiger partial charge is 0.236 e. The molecule has 6 nitrogen and oxygen atoms in total. The normalized spacial score (nSPS) is 10.7. The van der Waals surface area contributed by atoms with Crippen LogP contribution in [0.1, 0.15) is 28.8 Å². The SMILES string of the molecule is CCOc1cccc(Cc2cnc(NC(=O)CSc3nc(C)cc(C)n3)s2)c1. The molecule has 146 valence electrons. The van der Waals surface area contributed by atoms with E-state index in [1.54, 1.807) is 6.20 Å². The van der Waals surface area contributed by atoms with Gasteiger partial charge < -0.3 is 10.1 Å². The Morgan fingerprint density at radius 3 is 2.75 bits per heavy atom. The van der Waals surface area contributed by atoms with E-state index in [0.717, 1.165) is 34.0 Å². The molecule has 2 heterocycles. The molecule has 0 aliphatic heterocycles. The third-order valence-corrected chi connectivity index (χ3v) is 5.44. The van der Waals surface area contributed by atoms with Crippen molar-refractivity contribution in [1.29, 1.82) is 0 Å². The van der Waals surface area contributed by atoms with Crippen molar-refractivity contribution in [1.82, 2.24) is 15.0 Å². The Bertz CT molecular complexity index is 939. The van der Waals surface area contributed by atoms with Gasteiger partial charge in [0.05, 0.1) is 12.4 Å². The van der Waals surface area contributed by atoms with Crippen molar-refractivity contribution in [2.24, 2.45) is 0 Å². The maximum absolute atomic E-state index is 12.2. The van der Waals surface area contributed by atoms with Gasteiger partial charge in [0.25, 0.3) is 0 Å². The Balaban J connectivity index is 1.53. The molecule has 3 aromatic rings. The van der Waals surface area contributed by atoms with Crippen molar-refractivity contribution < 1.29 is 9.53 Å². The van der Waals surface area contributed by atoms with Crippen molar-refractivity contribution in [3.8, 4) is 5.75 Å². The number of rotatable bonds is 8. The van der Waals surface area contributed by atoms with E-state index in [9.17, 15) is 4.79 Å². The number of carbonyl (C=O) groups is 1. The van der Waals surface area contributed by atoms with E-state index in [4.69, 9.17) is 4.74 Å². The van der Waals surface area contributed by atoms with Crippen molar-refractivity contribution in [3.63, 3.8) is 0 Å². The lowest BCUT2D eigenvalue weighted by atomic mass is 10.1. The number of anilines is 1. The van der Waals surface area contributed by atoms with E-state index in [0.29, 0.717) is 16.9 Å². The number of hydrogen-bond acceptors (Lipinski definition) is 7. The minimum Gasteiger partial charge on any atom is -0.494 e. The molecule has 2 aromatic heterocycles. The highest BCUT2D eigenvalue weighted by atomic mass is 32.2. The fourth-order valence-electron chi connectivity index (χ4n) is 2.60. The molecule has 0 spiro atoms. The minimum atomic E-state index is -0.119. The van der Waals surface area contributed by atoms with Crippen LogP contribution in [-0.2, 0) is 11.2 Å². The van der Waals surface area contributed by atoms with Crippen LogP contribution in [0.2, 0.25) is 0 Å². The Kier molecular flexibility index (Phi) is 7.00. The summed E-state index contributed by atoms with van der Waals surface area (Å²) < 4.78 is 5.54. The molecule has 28 heavy (non-hydrogen) atoms. The lowest BCUT2D eigenvalue weighted by Crippen LogP contribution is -2.14. The van der Waals surface area contributed by atoms with Crippen LogP contribution in [0.4, 0.5) is 5.13 Å². The van der Waals surface area contributed by atoms with Crippen molar-refractivity contribution >= 4 is 34.1 Å². The average Bonchev–Trinajstić information content (AvgIpc) is 3.06. The van der Waals surface area contributed by atoms with Gasteiger partial charge in [0.1, 0.15) is 5.75 Å². The van der Waals surface area contributed by atoms with Gasteiger partial charge in [-0.3, -0.25) is 4.79 Å². The van der Waals surface area contributed by atoms with E-state index in [1.807, 2.05) is 45.0 Å². The molecule has 0 atom stereocenters. The number of nitrogens with one attached hydrogen (secondary N) is 1. The summed E-state index contributed by atoms with van der Waals surface area (Å²) in [6.45, 7) is 6.45. The van der Waals surface area contributed by atoms with Gasteiger partial charge >= 0.3 is 0 Å². The predicted molar refractivity (Wildman–Crippen MR) is 113 cm³/mol. The molecular weight excluding hydrogens is 392 g/mol. The highest BCUT2D eigenvalue weighted by Crippen LogP contribution is 2.23. The van der Waals surface area contributed by atoms with Crippen LogP contribution in [-0.4, -0.2) is 33.2 Å². The van der Waals surface area contributed by atoms with E-state index < -0.39 is 0 Å². The lowest BCUT2D eigenvalue weighted by Gasteiger charge is -2.05. The second kappa shape index (κ2) is 9.66. The molecular formula is C20H22N4O2S2. The van der Waals surface area contributed by atoms with Crippen molar-refractivity contribution in [2.75, 3.05) is 17.7 Å². The number of thiazole rings is 1. The first-order chi connectivity index (χ1) is 13.5. The molecule has 8 heteroatoms. The summed E-state index contributed by atoms with van der Waals surface area (Å²) in [6, 6.07) is 9.92.